The summed E-state index contributed by atoms with van der Waals surface area (Å²) in [5, 5.41) is 26.7. The maximum atomic E-state index is 11.6. The third-order valence-corrected chi connectivity index (χ3v) is 5.14. The van der Waals surface area contributed by atoms with Gasteiger partial charge in [-0.05, 0) is 12.8 Å². The summed E-state index contributed by atoms with van der Waals surface area (Å²) in [5.41, 5.74) is 0.971. The van der Waals surface area contributed by atoms with Gasteiger partial charge in [-0.15, -0.1) is 0 Å². The summed E-state index contributed by atoms with van der Waals surface area (Å²) in [6.45, 7) is 3.51. The highest BCUT2D eigenvalue weighted by molar-refractivity contribution is 5.82. The number of hydrogen-bond donors (Lipinski definition) is 4. The summed E-state index contributed by atoms with van der Waals surface area (Å²) in [7, 11) is 0. The van der Waals surface area contributed by atoms with Gasteiger partial charge in [0.15, 0.2) is 23.2 Å². The fraction of sp³-hybridized carbons (Fsp3) is 0.667. The van der Waals surface area contributed by atoms with Crippen molar-refractivity contribution in [3.63, 3.8) is 0 Å². The fourth-order valence-corrected chi connectivity index (χ4v) is 3.52. The van der Waals surface area contributed by atoms with Crippen molar-refractivity contribution in [2.75, 3.05) is 31.7 Å². The van der Waals surface area contributed by atoms with Crippen molar-refractivity contribution in [3.8, 4) is 0 Å². The van der Waals surface area contributed by atoms with Gasteiger partial charge in [0.25, 0.3) is 0 Å². The van der Waals surface area contributed by atoms with E-state index in [4.69, 9.17) is 14.2 Å². The molecule has 12 heteroatoms. The molecule has 2 aliphatic heterocycles. The van der Waals surface area contributed by atoms with Crippen LogP contribution in [0.15, 0.2) is 12.7 Å². The number of hydrogen-bond acceptors (Lipinski definition) is 10. The minimum atomic E-state index is -1.25. The Morgan fingerprint density at radius 2 is 2.20 bits per heavy atom. The van der Waals surface area contributed by atoms with E-state index in [1.165, 1.54) is 12.7 Å². The number of carbonyl (C=O) groups is 1. The Balaban J connectivity index is 1.47. The van der Waals surface area contributed by atoms with Gasteiger partial charge in [-0.25, -0.2) is 19.7 Å². The lowest BCUT2D eigenvalue weighted by Gasteiger charge is -2.17. The topological polar surface area (TPSA) is 153 Å². The monoisotopic (exact) mass is 422 g/mol. The molecular weight excluding hydrogens is 396 g/mol. The summed E-state index contributed by atoms with van der Waals surface area (Å²) >= 11 is 0. The molecule has 0 radical (unpaired) electrons. The predicted molar refractivity (Wildman–Crippen MR) is 104 cm³/mol. The summed E-state index contributed by atoms with van der Waals surface area (Å²) in [6, 6.07) is 0.142. The van der Waals surface area contributed by atoms with E-state index in [1.54, 1.807) is 4.57 Å². The van der Waals surface area contributed by atoms with Crippen molar-refractivity contribution in [1.29, 1.82) is 0 Å². The maximum Gasteiger partial charge on any atom is 0.407 e. The number of aromatic nitrogens is 4. The Bertz CT molecular complexity index is 872. The van der Waals surface area contributed by atoms with Crippen molar-refractivity contribution >= 4 is 23.1 Å². The zero-order chi connectivity index (χ0) is 21.1. The minimum Gasteiger partial charge on any atom is -0.447 e. The van der Waals surface area contributed by atoms with Gasteiger partial charge in [-0.2, -0.15) is 0 Å². The van der Waals surface area contributed by atoms with E-state index < -0.39 is 30.6 Å². The fourth-order valence-electron chi connectivity index (χ4n) is 3.52. The van der Waals surface area contributed by atoms with Crippen LogP contribution in [0.3, 0.4) is 0 Å². The second-order valence-corrected chi connectivity index (χ2v) is 7.32. The SMILES string of the molecule is CCCNC(=O)OC[C@H]1O[C@@H](n2cnc3c(N[C@@H]4CCOC4)ncnc32)[C@H](O)[C@@H]1O. The van der Waals surface area contributed by atoms with E-state index in [0.29, 0.717) is 36.7 Å². The quantitative estimate of drug-likeness (QED) is 0.471. The molecule has 5 atom stereocenters. The highest BCUT2D eigenvalue weighted by atomic mass is 16.6. The van der Waals surface area contributed by atoms with Crippen molar-refractivity contribution in [2.45, 2.75) is 50.3 Å². The molecule has 2 saturated heterocycles. The molecule has 2 aromatic rings. The number of nitrogens with one attached hydrogen (secondary N) is 2. The van der Waals surface area contributed by atoms with Crippen molar-refractivity contribution in [2.24, 2.45) is 0 Å². The van der Waals surface area contributed by atoms with Gasteiger partial charge in [0.05, 0.1) is 19.0 Å². The molecule has 0 aliphatic carbocycles. The first-order valence-corrected chi connectivity index (χ1v) is 10.0. The summed E-state index contributed by atoms with van der Waals surface area (Å²) < 4.78 is 17.8. The van der Waals surface area contributed by atoms with Crippen LogP contribution in [0.25, 0.3) is 11.2 Å². The number of amides is 1. The molecule has 12 nitrogen and oxygen atoms in total. The molecule has 2 aliphatic rings. The van der Waals surface area contributed by atoms with Gasteiger partial charge < -0.3 is 35.1 Å². The molecule has 4 rings (SSSR count). The number of rotatable bonds is 7. The van der Waals surface area contributed by atoms with Crippen LogP contribution < -0.4 is 10.6 Å². The third kappa shape index (κ3) is 4.17. The Labute approximate surface area is 172 Å². The van der Waals surface area contributed by atoms with Crippen LogP contribution in [0.2, 0.25) is 0 Å². The molecule has 1 amide bonds. The van der Waals surface area contributed by atoms with Gasteiger partial charge in [-0.1, -0.05) is 6.92 Å². The smallest absolute Gasteiger partial charge is 0.407 e. The van der Waals surface area contributed by atoms with Gasteiger partial charge in [0, 0.05) is 13.2 Å². The van der Waals surface area contributed by atoms with Crippen LogP contribution in [0.1, 0.15) is 26.0 Å². The molecule has 0 saturated carbocycles. The lowest BCUT2D eigenvalue weighted by Crippen LogP contribution is -2.36. The third-order valence-electron chi connectivity index (χ3n) is 5.14. The van der Waals surface area contributed by atoms with E-state index in [2.05, 4.69) is 25.6 Å². The molecule has 30 heavy (non-hydrogen) atoms. The summed E-state index contributed by atoms with van der Waals surface area (Å²) in [4.78, 5) is 24.5. The highest BCUT2D eigenvalue weighted by Gasteiger charge is 2.45. The Morgan fingerprint density at radius 3 is 2.97 bits per heavy atom. The van der Waals surface area contributed by atoms with E-state index in [-0.39, 0.29) is 12.6 Å². The molecule has 2 aromatic heterocycles. The van der Waals surface area contributed by atoms with Crippen molar-refractivity contribution < 1.29 is 29.2 Å². The molecule has 0 unspecified atom stereocenters. The Hall–Kier alpha value is -2.54. The van der Waals surface area contributed by atoms with E-state index >= 15 is 0 Å². The lowest BCUT2D eigenvalue weighted by molar-refractivity contribution is -0.0533. The summed E-state index contributed by atoms with van der Waals surface area (Å²) in [6.07, 6.45) is -0.374. The zero-order valence-electron chi connectivity index (χ0n) is 16.6. The first kappa shape index (κ1) is 20.7. The van der Waals surface area contributed by atoms with E-state index in [0.717, 1.165) is 12.8 Å². The van der Waals surface area contributed by atoms with E-state index in [1.807, 2.05) is 6.92 Å². The van der Waals surface area contributed by atoms with Crippen LogP contribution in [-0.4, -0.2) is 86.5 Å². The Kier molecular flexibility index (Phi) is 6.27. The maximum absolute atomic E-state index is 11.6. The average Bonchev–Trinajstić information content (AvgIpc) is 3.47. The molecular formula is C18H26N6O6. The lowest BCUT2D eigenvalue weighted by atomic mass is 10.1. The van der Waals surface area contributed by atoms with Crippen LogP contribution in [0.4, 0.5) is 10.6 Å². The van der Waals surface area contributed by atoms with Crippen LogP contribution in [0.5, 0.6) is 0 Å². The molecule has 4 N–H and O–H groups in total. The van der Waals surface area contributed by atoms with Crippen molar-refractivity contribution in [3.05, 3.63) is 12.7 Å². The number of fused-ring (bicyclic) bond motifs is 1. The van der Waals surface area contributed by atoms with Crippen molar-refractivity contribution in [1.82, 2.24) is 24.8 Å². The van der Waals surface area contributed by atoms with Gasteiger partial charge in [-0.3, -0.25) is 4.57 Å². The molecule has 0 bridgehead atoms. The van der Waals surface area contributed by atoms with Crippen LogP contribution in [0, 0.1) is 0 Å². The highest BCUT2D eigenvalue weighted by Crippen LogP contribution is 2.32. The molecule has 4 heterocycles. The molecule has 0 aromatic carbocycles. The van der Waals surface area contributed by atoms with E-state index in [9.17, 15) is 15.0 Å². The van der Waals surface area contributed by atoms with Gasteiger partial charge in [0.2, 0.25) is 0 Å². The summed E-state index contributed by atoms with van der Waals surface area (Å²) in [5.74, 6) is 0.565. The minimum absolute atomic E-state index is 0.142. The normalized spacial score (nSPS) is 28.7. The number of alkyl carbamates (subject to hydrolysis) is 1. The Morgan fingerprint density at radius 1 is 1.33 bits per heavy atom. The largest absolute Gasteiger partial charge is 0.447 e. The second-order valence-electron chi connectivity index (χ2n) is 7.32. The first-order valence-electron chi connectivity index (χ1n) is 10.0. The number of aliphatic hydroxyl groups is 2. The number of imidazole rings is 1. The first-order chi connectivity index (χ1) is 14.6. The standard InChI is InChI=1S/C18H26N6O6/c1-2-4-19-18(27)29-7-11-13(25)14(26)17(30-11)24-9-22-12-15(20-8-21-16(12)24)23-10-3-5-28-6-10/h8-11,13-14,17,25-26H,2-7H2,1H3,(H,19,27)(H,20,21,23)/t10-,11-,13-,14-,17-/m1/s1. The predicted octanol–water partition coefficient (Wildman–Crippen LogP) is -0.217. The van der Waals surface area contributed by atoms with Crippen LogP contribution >= 0.6 is 0 Å². The molecule has 2 fully saturated rings. The number of ether oxygens (including phenoxy) is 3. The number of carbonyl (C=O) groups excluding carboxylic acids is 1. The van der Waals surface area contributed by atoms with Crippen LogP contribution in [-0.2, 0) is 14.2 Å². The number of anilines is 1. The number of aliphatic hydroxyl groups excluding tert-OH is 2. The molecule has 0 spiro atoms. The molecule has 164 valence electrons. The second kappa shape index (κ2) is 9.08. The average molecular weight is 422 g/mol. The van der Waals surface area contributed by atoms with Gasteiger partial charge >= 0.3 is 6.09 Å². The zero-order valence-corrected chi connectivity index (χ0v) is 16.6. The van der Waals surface area contributed by atoms with Gasteiger partial charge in [0.1, 0.15) is 31.2 Å². The number of nitrogens with zero attached hydrogens (tertiary/aromatic N) is 4.